The lowest BCUT2D eigenvalue weighted by atomic mass is 9.87. The average molecular weight is 509 g/mol. The molecule has 1 atom stereocenters. The number of carbonyl (C=O) groups excluding carboxylic acids is 1. The molecule has 0 radical (unpaired) electrons. The third kappa shape index (κ3) is 6.60. The molecule has 2 aliphatic carbocycles. The number of carbonyl (C=O) groups is 1. The van der Waals surface area contributed by atoms with E-state index in [9.17, 15) is 14.7 Å². The molecule has 2 heterocycles. The number of hydrogen-bond donors (Lipinski definition) is 2. The lowest BCUT2D eigenvalue weighted by Gasteiger charge is -2.35. The number of hydrogen-bond acceptors (Lipinski definition) is 6. The molecule has 8 heteroatoms. The van der Waals surface area contributed by atoms with E-state index in [2.05, 4.69) is 9.88 Å². The number of nitrogens with zero attached hydrogens (tertiary/aromatic N) is 3. The number of aliphatic hydroxyl groups is 1. The van der Waals surface area contributed by atoms with Gasteiger partial charge in [-0.2, -0.15) is 0 Å². The second kappa shape index (κ2) is 11.8. The molecular formula is C29H40N4O4. The minimum absolute atomic E-state index is 0.0294. The number of nitrogens with one attached hydrogen (secondary N) is 1. The summed E-state index contributed by atoms with van der Waals surface area (Å²) in [6, 6.07) is 7.62. The van der Waals surface area contributed by atoms with Crippen LogP contribution in [-0.4, -0.2) is 64.1 Å². The van der Waals surface area contributed by atoms with E-state index in [1.807, 2.05) is 29.2 Å². The highest BCUT2D eigenvalue weighted by molar-refractivity contribution is 5.78. The minimum atomic E-state index is -0.508. The van der Waals surface area contributed by atoms with Crippen LogP contribution >= 0.6 is 0 Å². The smallest absolute Gasteiger partial charge is 0.254 e. The highest BCUT2D eigenvalue weighted by atomic mass is 16.5. The quantitative estimate of drug-likeness (QED) is 0.505. The van der Waals surface area contributed by atoms with Crippen molar-refractivity contribution < 1.29 is 14.6 Å². The first-order valence-electron chi connectivity index (χ1n) is 13.9. The van der Waals surface area contributed by atoms with Gasteiger partial charge in [0.05, 0.1) is 32.0 Å². The molecule has 2 fully saturated rings. The molecule has 8 nitrogen and oxygen atoms in total. The maximum absolute atomic E-state index is 13.4. The summed E-state index contributed by atoms with van der Waals surface area (Å²) in [5.41, 5.74) is 2.64. The van der Waals surface area contributed by atoms with Crippen LogP contribution in [0.4, 0.5) is 0 Å². The molecular weight excluding hydrogens is 468 g/mol. The van der Waals surface area contributed by atoms with Gasteiger partial charge in [-0.15, -0.1) is 0 Å². The second-order valence-electron chi connectivity index (χ2n) is 11.0. The fraction of sp³-hybridized carbons (Fsp3) is 0.621. The summed E-state index contributed by atoms with van der Waals surface area (Å²) in [5, 5.41) is 10.9. The van der Waals surface area contributed by atoms with Gasteiger partial charge in [0.15, 0.2) is 0 Å². The van der Waals surface area contributed by atoms with E-state index >= 15 is 0 Å². The zero-order chi connectivity index (χ0) is 25.8. The van der Waals surface area contributed by atoms with E-state index in [0.29, 0.717) is 24.8 Å². The number of fused-ring (bicyclic) bond motifs is 1. The Morgan fingerprint density at radius 2 is 1.86 bits per heavy atom. The van der Waals surface area contributed by atoms with Crippen LogP contribution in [0.2, 0.25) is 0 Å². The van der Waals surface area contributed by atoms with Crippen LogP contribution < -0.4 is 10.3 Å². The fourth-order valence-corrected chi connectivity index (χ4v) is 5.75. The molecule has 1 aromatic carbocycles. The zero-order valence-corrected chi connectivity index (χ0v) is 22.0. The van der Waals surface area contributed by atoms with Crippen LogP contribution in [0.3, 0.4) is 0 Å². The lowest BCUT2D eigenvalue weighted by molar-refractivity contribution is -0.134. The van der Waals surface area contributed by atoms with Crippen molar-refractivity contribution in [3.63, 3.8) is 0 Å². The Hall–Kier alpha value is -2.71. The molecule has 2 N–H and O–H groups in total. The first kappa shape index (κ1) is 25.9. The molecule has 5 rings (SSSR count). The number of methoxy groups -OCH3 is 1. The fourth-order valence-electron chi connectivity index (χ4n) is 5.75. The monoisotopic (exact) mass is 508 g/mol. The van der Waals surface area contributed by atoms with E-state index < -0.39 is 6.10 Å². The summed E-state index contributed by atoms with van der Waals surface area (Å²) < 4.78 is 5.22. The van der Waals surface area contributed by atoms with Crippen molar-refractivity contribution in [2.24, 2.45) is 11.8 Å². The zero-order valence-electron chi connectivity index (χ0n) is 22.0. The number of aliphatic hydroxyl groups excluding tert-OH is 1. The van der Waals surface area contributed by atoms with Gasteiger partial charge in [0.2, 0.25) is 5.91 Å². The van der Waals surface area contributed by atoms with Gasteiger partial charge in [-0.25, -0.2) is 4.98 Å². The van der Waals surface area contributed by atoms with Crippen LogP contribution in [0.15, 0.2) is 29.1 Å². The third-order valence-electron chi connectivity index (χ3n) is 8.25. The molecule has 1 saturated heterocycles. The Balaban J connectivity index is 1.18. The van der Waals surface area contributed by atoms with Crippen molar-refractivity contribution in [3.8, 4) is 5.75 Å². The van der Waals surface area contributed by atoms with Gasteiger partial charge in [-0.3, -0.25) is 14.5 Å². The van der Waals surface area contributed by atoms with Crippen molar-refractivity contribution in [2.75, 3.05) is 33.3 Å². The van der Waals surface area contributed by atoms with E-state index in [1.165, 1.54) is 0 Å². The van der Waals surface area contributed by atoms with Crippen molar-refractivity contribution in [2.45, 2.75) is 70.4 Å². The number of ether oxygens (including phenoxy) is 1. The SMILES string of the molecule is COc1ccc(C(O)C2CCN(CC(=O)N(Cc3nc4c(c(=O)[nH]3)CCCCC4)CC3CC3)CC2)cc1. The molecule has 37 heavy (non-hydrogen) atoms. The van der Waals surface area contributed by atoms with Gasteiger partial charge in [-0.1, -0.05) is 18.6 Å². The molecule has 200 valence electrons. The standard InChI is InChI=1S/C29H40N4O4/c1-37-23-11-9-21(10-12-23)28(35)22-13-15-32(16-14-22)19-27(34)33(17-20-7-8-20)18-26-30-25-6-4-2-3-5-24(25)29(36)31-26/h9-12,20,22,28,35H,2-8,13-19H2,1H3,(H,30,31,36). The largest absolute Gasteiger partial charge is 0.497 e. The van der Waals surface area contributed by atoms with Crippen LogP contribution in [0, 0.1) is 11.8 Å². The van der Waals surface area contributed by atoms with Gasteiger partial charge in [0.25, 0.3) is 5.56 Å². The third-order valence-corrected chi connectivity index (χ3v) is 8.25. The highest BCUT2D eigenvalue weighted by Gasteiger charge is 2.31. The summed E-state index contributed by atoms with van der Waals surface area (Å²) in [5.74, 6) is 2.22. The van der Waals surface area contributed by atoms with E-state index in [1.54, 1.807) is 7.11 Å². The molecule has 0 bridgehead atoms. The van der Waals surface area contributed by atoms with E-state index in [0.717, 1.165) is 100.0 Å². The number of benzene rings is 1. The number of likely N-dealkylation sites (tertiary alicyclic amines) is 1. The van der Waals surface area contributed by atoms with Crippen LogP contribution in [0.5, 0.6) is 5.75 Å². The van der Waals surface area contributed by atoms with Crippen molar-refractivity contribution >= 4 is 5.91 Å². The number of H-pyrrole nitrogens is 1. The summed E-state index contributed by atoms with van der Waals surface area (Å²) >= 11 is 0. The van der Waals surface area contributed by atoms with E-state index in [-0.39, 0.29) is 17.4 Å². The molecule has 1 amide bonds. The first-order chi connectivity index (χ1) is 18.0. The Labute approximate surface area is 219 Å². The average Bonchev–Trinajstić information content (AvgIpc) is 3.75. The number of amides is 1. The predicted octanol–water partition coefficient (Wildman–Crippen LogP) is 3.23. The maximum atomic E-state index is 13.4. The molecule has 2 aromatic rings. The molecule has 3 aliphatic rings. The molecule has 1 aliphatic heterocycles. The number of aryl methyl sites for hydroxylation is 1. The van der Waals surface area contributed by atoms with Gasteiger partial charge in [0, 0.05) is 12.1 Å². The molecule has 1 saturated carbocycles. The first-order valence-corrected chi connectivity index (χ1v) is 13.9. The second-order valence-corrected chi connectivity index (χ2v) is 11.0. The summed E-state index contributed by atoms with van der Waals surface area (Å²) in [6.45, 7) is 3.04. The molecule has 1 unspecified atom stereocenters. The van der Waals surface area contributed by atoms with Gasteiger partial charge >= 0.3 is 0 Å². The topological polar surface area (TPSA) is 98.8 Å². The van der Waals surface area contributed by atoms with Gasteiger partial charge in [-0.05, 0) is 94.0 Å². The lowest BCUT2D eigenvalue weighted by Crippen LogP contribution is -2.44. The Morgan fingerprint density at radius 1 is 1.14 bits per heavy atom. The van der Waals surface area contributed by atoms with Crippen molar-refractivity contribution in [3.05, 3.63) is 57.3 Å². The van der Waals surface area contributed by atoms with Crippen molar-refractivity contribution in [1.82, 2.24) is 19.8 Å². The summed E-state index contributed by atoms with van der Waals surface area (Å²) in [7, 11) is 1.64. The maximum Gasteiger partial charge on any atom is 0.254 e. The van der Waals surface area contributed by atoms with Crippen LogP contribution in [0.25, 0.3) is 0 Å². The summed E-state index contributed by atoms with van der Waals surface area (Å²) in [6.07, 6.45) is 8.39. The predicted molar refractivity (Wildman–Crippen MR) is 141 cm³/mol. The van der Waals surface area contributed by atoms with Crippen LogP contribution in [-0.2, 0) is 24.2 Å². The normalized spacial score (nSPS) is 19.6. The Kier molecular flexibility index (Phi) is 8.25. The number of piperidine rings is 1. The van der Waals surface area contributed by atoms with Gasteiger partial charge < -0.3 is 19.7 Å². The number of aromatic nitrogens is 2. The Morgan fingerprint density at radius 3 is 2.57 bits per heavy atom. The summed E-state index contributed by atoms with van der Waals surface area (Å²) in [4.78, 5) is 38.0. The van der Waals surface area contributed by atoms with Crippen molar-refractivity contribution in [1.29, 1.82) is 0 Å². The minimum Gasteiger partial charge on any atom is -0.497 e. The Bertz CT molecular complexity index is 1120. The van der Waals surface area contributed by atoms with Crippen LogP contribution in [0.1, 0.15) is 73.7 Å². The highest BCUT2D eigenvalue weighted by Crippen LogP contribution is 2.32. The molecule has 1 aromatic heterocycles. The number of rotatable bonds is 9. The number of aromatic amines is 1. The van der Waals surface area contributed by atoms with Gasteiger partial charge in [0.1, 0.15) is 11.6 Å². The molecule has 0 spiro atoms. The van der Waals surface area contributed by atoms with E-state index in [4.69, 9.17) is 9.72 Å².